The Hall–Kier alpha value is -7.28. The van der Waals surface area contributed by atoms with Crippen molar-refractivity contribution in [3.8, 4) is 16.8 Å². The van der Waals surface area contributed by atoms with E-state index >= 15 is 0 Å². The van der Waals surface area contributed by atoms with E-state index in [2.05, 4.69) is 168 Å². The molecule has 4 heterocycles. The summed E-state index contributed by atoms with van der Waals surface area (Å²) < 4.78 is 11.4. The minimum absolute atomic E-state index is 0.266. The Morgan fingerprint density at radius 1 is 0.509 bits per heavy atom. The highest BCUT2D eigenvalue weighted by atomic mass is 32.1. The highest BCUT2D eigenvalue weighted by Gasteiger charge is 2.24. The van der Waals surface area contributed by atoms with Crippen molar-refractivity contribution in [3.63, 3.8) is 0 Å². The predicted octanol–water partition coefficient (Wildman–Crippen LogP) is 13.2. The Labute approximate surface area is 331 Å². The summed E-state index contributed by atoms with van der Waals surface area (Å²) in [7, 11) is 0. The van der Waals surface area contributed by atoms with Crippen LogP contribution in [0.2, 0.25) is 0 Å². The fourth-order valence-corrected chi connectivity index (χ4v) is 10.0. The number of nitrogens with one attached hydrogen (secondary N) is 1. The van der Waals surface area contributed by atoms with Crippen LogP contribution in [0.15, 0.2) is 196 Å². The normalized spacial score (nSPS) is 14.5. The second-order valence-corrected chi connectivity index (χ2v) is 15.6. The summed E-state index contributed by atoms with van der Waals surface area (Å²) in [5.74, 6) is 1.54. The van der Waals surface area contributed by atoms with Crippen LogP contribution < -0.4 is 5.32 Å². The molecule has 0 aliphatic carbocycles. The van der Waals surface area contributed by atoms with Crippen LogP contribution in [0.1, 0.15) is 22.9 Å². The molecular formula is C51H32N4OS. The average molecular weight is 749 g/mol. The van der Waals surface area contributed by atoms with Crippen LogP contribution in [-0.4, -0.2) is 16.2 Å². The molecule has 5 nitrogen and oxygen atoms in total. The van der Waals surface area contributed by atoms with Gasteiger partial charge in [-0.25, -0.2) is 9.98 Å². The molecule has 1 atom stereocenters. The lowest BCUT2D eigenvalue weighted by Gasteiger charge is -2.24. The van der Waals surface area contributed by atoms with Crippen LogP contribution >= 0.6 is 11.3 Å². The number of aliphatic imine (C=N–C) groups is 2. The SMILES string of the molecule is c1ccc(C2=NC(c3ccccc3)NC(c3cccc4c3sc3c(-c5ccc6oc7cccc(-n8c9ccccc9c9ccccc98)c7c6c5)cccc34)=N2)cc1. The zero-order valence-electron chi connectivity index (χ0n) is 30.6. The lowest BCUT2D eigenvalue weighted by Crippen LogP contribution is -2.33. The van der Waals surface area contributed by atoms with E-state index in [1.54, 1.807) is 0 Å². The van der Waals surface area contributed by atoms with Gasteiger partial charge in [-0.05, 0) is 59.2 Å². The molecule has 6 heteroatoms. The summed E-state index contributed by atoms with van der Waals surface area (Å²) in [6, 6.07) is 64.2. The van der Waals surface area contributed by atoms with E-state index in [0.29, 0.717) is 0 Å². The molecule has 0 spiro atoms. The predicted molar refractivity (Wildman–Crippen MR) is 238 cm³/mol. The van der Waals surface area contributed by atoms with Crippen LogP contribution in [0, 0.1) is 0 Å². The van der Waals surface area contributed by atoms with Crippen molar-refractivity contribution >= 4 is 86.9 Å². The van der Waals surface area contributed by atoms with Crippen molar-refractivity contribution in [2.75, 3.05) is 0 Å². The van der Waals surface area contributed by atoms with Crippen molar-refractivity contribution in [1.29, 1.82) is 0 Å². The minimum Gasteiger partial charge on any atom is -0.456 e. The van der Waals surface area contributed by atoms with Crippen molar-refractivity contribution in [2.45, 2.75) is 6.17 Å². The standard InChI is InChI=1S/C51H32N4OS/c1-3-14-31(15-4-1)49-52-50(32-16-5-2-6-17-32)54-51(53-49)39-23-12-22-38-37-21-11-20-34(47(37)57-48(38)39)33-28-29-44-40(30-33)46-43(26-13-27-45(46)56-44)55-41-24-9-7-18-35(41)36-19-8-10-25-42(36)55/h1-30,49H,(H,52,53,54). The lowest BCUT2D eigenvalue weighted by atomic mass is 9.99. The van der Waals surface area contributed by atoms with Gasteiger partial charge < -0.3 is 14.3 Å². The zero-order chi connectivity index (χ0) is 37.5. The first-order valence-corrected chi connectivity index (χ1v) is 20.0. The molecule has 268 valence electrons. The zero-order valence-corrected chi connectivity index (χ0v) is 31.4. The van der Waals surface area contributed by atoms with Gasteiger partial charge in [-0.15, -0.1) is 11.3 Å². The second-order valence-electron chi connectivity index (χ2n) is 14.5. The topological polar surface area (TPSA) is 54.8 Å². The van der Waals surface area contributed by atoms with Crippen molar-refractivity contribution in [3.05, 3.63) is 199 Å². The average Bonchev–Trinajstić information content (AvgIpc) is 3.96. The number of hydrogen-bond acceptors (Lipinski definition) is 5. The minimum atomic E-state index is -0.266. The lowest BCUT2D eigenvalue weighted by molar-refractivity contribution is 0.669. The Bertz CT molecular complexity index is 3390. The number of fused-ring (bicyclic) bond motifs is 9. The Balaban J connectivity index is 1.03. The number of hydrogen-bond donors (Lipinski definition) is 1. The van der Waals surface area contributed by atoms with Crippen molar-refractivity contribution < 1.29 is 4.42 Å². The van der Waals surface area contributed by atoms with Crippen LogP contribution in [0.25, 0.3) is 80.7 Å². The van der Waals surface area contributed by atoms with Crippen LogP contribution in [-0.2, 0) is 0 Å². The number of benzene rings is 8. The highest BCUT2D eigenvalue weighted by Crippen LogP contribution is 2.44. The summed E-state index contributed by atoms with van der Waals surface area (Å²) in [5, 5.41) is 10.8. The first kappa shape index (κ1) is 32.0. The third-order valence-electron chi connectivity index (χ3n) is 11.3. The van der Waals surface area contributed by atoms with Crippen LogP contribution in [0.4, 0.5) is 0 Å². The van der Waals surface area contributed by atoms with Crippen molar-refractivity contribution in [2.24, 2.45) is 9.98 Å². The van der Waals surface area contributed by atoms with Gasteiger partial charge in [0.2, 0.25) is 0 Å². The van der Waals surface area contributed by atoms with Gasteiger partial charge in [0.1, 0.15) is 23.2 Å². The largest absolute Gasteiger partial charge is 0.456 e. The quantitative estimate of drug-likeness (QED) is 0.191. The third kappa shape index (κ3) is 5.01. The molecule has 57 heavy (non-hydrogen) atoms. The molecule has 1 N–H and O–H groups in total. The maximum Gasteiger partial charge on any atom is 0.159 e. The Morgan fingerprint density at radius 3 is 1.89 bits per heavy atom. The molecular weight excluding hydrogens is 717 g/mol. The Morgan fingerprint density at radius 2 is 1.14 bits per heavy atom. The summed E-state index contributed by atoms with van der Waals surface area (Å²) in [5.41, 5.74) is 10.7. The van der Waals surface area contributed by atoms with Gasteiger partial charge in [-0.1, -0.05) is 140 Å². The van der Waals surface area contributed by atoms with Gasteiger partial charge in [0.25, 0.3) is 0 Å². The Kier molecular flexibility index (Phi) is 7.09. The maximum absolute atomic E-state index is 6.57. The monoisotopic (exact) mass is 748 g/mol. The van der Waals surface area contributed by atoms with Gasteiger partial charge >= 0.3 is 0 Å². The molecule has 3 aromatic heterocycles. The molecule has 0 amide bonds. The van der Waals surface area contributed by atoms with Crippen molar-refractivity contribution in [1.82, 2.24) is 9.88 Å². The summed E-state index contributed by atoms with van der Waals surface area (Å²) in [4.78, 5) is 10.3. The van der Waals surface area contributed by atoms with E-state index in [9.17, 15) is 0 Å². The van der Waals surface area contributed by atoms with E-state index in [1.165, 1.54) is 47.5 Å². The molecule has 12 rings (SSSR count). The molecule has 11 aromatic rings. The number of rotatable bonds is 5. The number of amidine groups is 2. The number of aromatic nitrogens is 1. The highest BCUT2D eigenvalue weighted by molar-refractivity contribution is 7.26. The molecule has 0 radical (unpaired) electrons. The molecule has 1 unspecified atom stereocenters. The number of para-hydroxylation sites is 2. The van der Waals surface area contributed by atoms with Crippen LogP contribution in [0.5, 0.6) is 0 Å². The van der Waals surface area contributed by atoms with E-state index in [-0.39, 0.29) is 6.17 Å². The first-order chi connectivity index (χ1) is 28.3. The fraction of sp³-hybridized carbons (Fsp3) is 0.0196. The summed E-state index contributed by atoms with van der Waals surface area (Å²) in [6.07, 6.45) is -0.266. The van der Waals surface area contributed by atoms with Gasteiger partial charge in [-0.2, -0.15) is 0 Å². The molecule has 0 saturated carbocycles. The molecule has 0 saturated heterocycles. The van der Waals surface area contributed by atoms with E-state index < -0.39 is 0 Å². The maximum atomic E-state index is 6.57. The molecule has 0 bridgehead atoms. The van der Waals surface area contributed by atoms with Gasteiger partial charge in [0, 0.05) is 47.5 Å². The second kappa shape index (κ2) is 12.6. The van der Waals surface area contributed by atoms with E-state index in [1.807, 2.05) is 35.6 Å². The third-order valence-corrected chi connectivity index (χ3v) is 12.6. The number of nitrogens with zero attached hydrogens (tertiary/aromatic N) is 3. The number of furan rings is 1. The van der Waals surface area contributed by atoms with Gasteiger partial charge in [0.15, 0.2) is 5.84 Å². The van der Waals surface area contributed by atoms with Crippen LogP contribution in [0.3, 0.4) is 0 Å². The van der Waals surface area contributed by atoms with E-state index in [4.69, 9.17) is 14.4 Å². The fourth-order valence-electron chi connectivity index (χ4n) is 8.69. The summed E-state index contributed by atoms with van der Waals surface area (Å²) in [6.45, 7) is 0. The number of thiophene rings is 1. The molecule has 8 aromatic carbocycles. The molecule has 1 aliphatic rings. The molecule has 0 fully saturated rings. The summed E-state index contributed by atoms with van der Waals surface area (Å²) >= 11 is 1.82. The van der Waals surface area contributed by atoms with Gasteiger partial charge in [-0.3, -0.25) is 0 Å². The molecule has 1 aliphatic heterocycles. The smallest absolute Gasteiger partial charge is 0.159 e. The van der Waals surface area contributed by atoms with Gasteiger partial charge in [0.05, 0.1) is 22.1 Å². The van der Waals surface area contributed by atoms with E-state index in [0.717, 1.165) is 61.6 Å². The first-order valence-electron chi connectivity index (χ1n) is 19.2.